The van der Waals surface area contributed by atoms with Crippen LogP contribution in [0.4, 0.5) is 10.5 Å². The van der Waals surface area contributed by atoms with Crippen molar-refractivity contribution in [3.8, 4) is 5.75 Å². The normalized spacial score (nSPS) is 22.7. The maximum absolute atomic E-state index is 12.8. The van der Waals surface area contributed by atoms with Gasteiger partial charge < -0.3 is 14.4 Å². The zero-order valence-electron chi connectivity index (χ0n) is 14.9. The summed E-state index contributed by atoms with van der Waals surface area (Å²) in [4.78, 5) is 39.9. The van der Waals surface area contributed by atoms with Gasteiger partial charge in [-0.2, -0.15) is 0 Å². The number of hydrogen-bond acceptors (Lipinski definition) is 5. The minimum atomic E-state index is -0.647. The lowest BCUT2D eigenvalue weighted by Gasteiger charge is -2.30. The fourth-order valence-electron chi connectivity index (χ4n) is 3.40. The highest BCUT2D eigenvalue weighted by atomic mass is 35.5. The number of carbonyl (C=O) groups excluding carboxylic acids is 3. The molecule has 2 fully saturated rings. The van der Waals surface area contributed by atoms with Gasteiger partial charge in [-0.3, -0.25) is 9.59 Å². The van der Waals surface area contributed by atoms with E-state index in [1.54, 1.807) is 18.2 Å². The molecule has 0 aliphatic carbocycles. The second-order valence-corrected chi connectivity index (χ2v) is 7.10. The number of benzene rings is 1. The van der Waals surface area contributed by atoms with Gasteiger partial charge in [0, 0.05) is 6.54 Å². The number of amides is 3. The highest BCUT2D eigenvalue weighted by Gasteiger charge is 2.49. The predicted molar refractivity (Wildman–Crippen MR) is 95.3 cm³/mol. The van der Waals surface area contributed by atoms with Gasteiger partial charge in [-0.05, 0) is 44.9 Å². The number of imide groups is 1. The zero-order chi connectivity index (χ0) is 19.0. The summed E-state index contributed by atoms with van der Waals surface area (Å²) in [5, 5.41) is 0.328. The molecule has 0 radical (unpaired) electrons. The third-order valence-electron chi connectivity index (χ3n) is 4.62. The largest absolute Gasteiger partial charge is 0.489 e. The van der Waals surface area contributed by atoms with Gasteiger partial charge in [-0.15, -0.1) is 0 Å². The summed E-state index contributed by atoms with van der Waals surface area (Å²) < 4.78 is 10.4. The van der Waals surface area contributed by atoms with Crippen molar-refractivity contribution in [2.75, 3.05) is 18.6 Å². The second kappa shape index (κ2) is 7.15. The molecule has 140 valence electrons. The molecule has 0 bridgehead atoms. The van der Waals surface area contributed by atoms with Crippen molar-refractivity contribution in [2.45, 2.75) is 38.8 Å². The van der Waals surface area contributed by atoms with Gasteiger partial charge >= 0.3 is 12.0 Å². The van der Waals surface area contributed by atoms with E-state index in [1.165, 1.54) is 12.0 Å². The van der Waals surface area contributed by atoms with Crippen molar-refractivity contribution in [3.63, 3.8) is 0 Å². The Labute approximate surface area is 156 Å². The molecule has 3 rings (SSSR count). The Bertz CT molecular complexity index is 751. The quantitative estimate of drug-likeness (QED) is 0.593. The van der Waals surface area contributed by atoms with Crippen molar-refractivity contribution < 1.29 is 23.9 Å². The molecule has 26 heavy (non-hydrogen) atoms. The topological polar surface area (TPSA) is 76.2 Å². The van der Waals surface area contributed by atoms with Gasteiger partial charge in [-0.25, -0.2) is 9.69 Å². The molecule has 2 saturated heterocycles. The molecule has 0 aromatic heterocycles. The maximum atomic E-state index is 12.8. The number of anilines is 1. The first-order chi connectivity index (χ1) is 12.3. The zero-order valence-corrected chi connectivity index (χ0v) is 15.7. The van der Waals surface area contributed by atoms with Crippen molar-refractivity contribution in [1.29, 1.82) is 0 Å². The number of hydrogen-bond donors (Lipinski definition) is 0. The Morgan fingerprint density at radius 1 is 1.31 bits per heavy atom. The number of rotatable bonds is 4. The van der Waals surface area contributed by atoms with Crippen LogP contribution >= 0.6 is 11.6 Å². The molecule has 2 heterocycles. The first-order valence-corrected chi connectivity index (χ1v) is 8.90. The van der Waals surface area contributed by atoms with E-state index in [0.29, 0.717) is 29.4 Å². The van der Waals surface area contributed by atoms with Crippen LogP contribution in [0, 0.1) is 5.92 Å². The van der Waals surface area contributed by atoms with E-state index in [1.807, 2.05) is 13.8 Å². The van der Waals surface area contributed by atoms with E-state index in [2.05, 4.69) is 0 Å². The van der Waals surface area contributed by atoms with Crippen LogP contribution in [0.25, 0.3) is 0 Å². The maximum Gasteiger partial charge on any atom is 0.332 e. The monoisotopic (exact) mass is 380 g/mol. The minimum absolute atomic E-state index is 0.0439. The Morgan fingerprint density at radius 3 is 2.65 bits per heavy atom. The lowest BCUT2D eigenvalue weighted by molar-refractivity contribution is -0.147. The fraction of sp³-hybridized carbons (Fsp3) is 0.500. The molecular formula is C18H21ClN2O5. The summed E-state index contributed by atoms with van der Waals surface area (Å²) in [5.41, 5.74) is 0.394. The highest BCUT2D eigenvalue weighted by Crippen LogP contribution is 2.36. The summed E-state index contributed by atoms with van der Waals surface area (Å²) in [6, 6.07) is 3.79. The summed E-state index contributed by atoms with van der Waals surface area (Å²) in [6.45, 7) is 4.11. The fourth-order valence-corrected chi connectivity index (χ4v) is 3.62. The van der Waals surface area contributed by atoms with Crippen LogP contribution in [-0.4, -0.2) is 48.6 Å². The Balaban J connectivity index is 1.84. The number of esters is 1. The highest BCUT2D eigenvalue weighted by molar-refractivity contribution is 6.32. The third-order valence-corrected chi connectivity index (χ3v) is 4.91. The van der Waals surface area contributed by atoms with Crippen LogP contribution in [0.3, 0.4) is 0 Å². The summed E-state index contributed by atoms with van der Waals surface area (Å²) in [5.74, 6) is -0.574. The number of carbonyl (C=O) groups is 3. The Hall–Kier alpha value is -2.28. The molecule has 2 unspecified atom stereocenters. The van der Waals surface area contributed by atoms with Crippen LogP contribution in [0.15, 0.2) is 18.2 Å². The summed E-state index contributed by atoms with van der Waals surface area (Å²) in [7, 11) is 1.32. The van der Waals surface area contributed by atoms with Gasteiger partial charge in [0.2, 0.25) is 0 Å². The van der Waals surface area contributed by atoms with Crippen molar-refractivity contribution >= 4 is 35.2 Å². The SMILES string of the molecule is COC(=O)C1CCN2C(=O)N(c3ccc(OC(C)C)c(Cl)c3)C(=O)C2C1. The average Bonchev–Trinajstić information content (AvgIpc) is 2.86. The molecule has 1 aromatic rings. The molecule has 7 nitrogen and oxygen atoms in total. The summed E-state index contributed by atoms with van der Waals surface area (Å²) in [6.07, 6.45) is 0.714. The lowest BCUT2D eigenvalue weighted by atomic mass is 9.91. The molecule has 2 aliphatic rings. The molecule has 0 saturated carbocycles. The Kier molecular flexibility index (Phi) is 5.09. The number of methoxy groups -OCH3 is 1. The van der Waals surface area contributed by atoms with E-state index in [4.69, 9.17) is 21.1 Å². The molecule has 0 spiro atoms. The van der Waals surface area contributed by atoms with Gasteiger partial charge in [0.25, 0.3) is 5.91 Å². The van der Waals surface area contributed by atoms with Gasteiger partial charge in [0.15, 0.2) is 0 Å². The van der Waals surface area contributed by atoms with Gasteiger partial charge in [0.05, 0.1) is 29.8 Å². The number of urea groups is 1. The number of ether oxygens (including phenoxy) is 2. The summed E-state index contributed by atoms with van der Waals surface area (Å²) >= 11 is 6.23. The van der Waals surface area contributed by atoms with E-state index in [0.717, 1.165) is 4.90 Å². The van der Waals surface area contributed by atoms with Gasteiger partial charge in [-0.1, -0.05) is 11.6 Å². The molecule has 1 aromatic carbocycles. The molecule has 0 N–H and O–H groups in total. The number of nitrogens with zero attached hydrogens (tertiary/aromatic N) is 2. The first kappa shape index (κ1) is 18.5. The van der Waals surface area contributed by atoms with Gasteiger partial charge in [0.1, 0.15) is 11.8 Å². The molecular weight excluding hydrogens is 360 g/mol. The van der Waals surface area contributed by atoms with Crippen molar-refractivity contribution in [2.24, 2.45) is 5.92 Å². The molecule has 2 atom stereocenters. The third kappa shape index (κ3) is 3.23. The first-order valence-electron chi connectivity index (χ1n) is 8.52. The number of halogens is 1. The number of fused-ring (bicyclic) bond motifs is 1. The van der Waals surface area contributed by atoms with E-state index < -0.39 is 12.1 Å². The number of piperidine rings is 1. The second-order valence-electron chi connectivity index (χ2n) is 6.69. The average molecular weight is 381 g/mol. The van der Waals surface area contributed by atoms with E-state index in [-0.39, 0.29) is 30.3 Å². The van der Waals surface area contributed by atoms with E-state index >= 15 is 0 Å². The lowest BCUT2D eigenvalue weighted by Crippen LogP contribution is -2.44. The standard InChI is InChI=1S/C18H21ClN2O5/c1-10(2)26-15-5-4-12(9-13(15)19)21-16(22)14-8-11(17(23)25-3)6-7-20(14)18(21)24/h4-5,9-11,14H,6-8H2,1-3H3. The van der Waals surface area contributed by atoms with Crippen molar-refractivity contribution in [3.05, 3.63) is 23.2 Å². The van der Waals surface area contributed by atoms with Crippen molar-refractivity contribution in [1.82, 2.24) is 4.90 Å². The van der Waals surface area contributed by atoms with Crippen LogP contribution in [0.2, 0.25) is 5.02 Å². The molecule has 3 amide bonds. The Morgan fingerprint density at radius 2 is 2.04 bits per heavy atom. The predicted octanol–water partition coefficient (Wildman–Crippen LogP) is 2.85. The van der Waals surface area contributed by atoms with E-state index in [9.17, 15) is 14.4 Å². The minimum Gasteiger partial charge on any atom is -0.489 e. The molecule has 2 aliphatic heterocycles. The smallest absolute Gasteiger partial charge is 0.332 e. The van der Waals surface area contributed by atoms with Crippen LogP contribution in [0.1, 0.15) is 26.7 Å². The van der Waals surface area contributed by atoms with Crippen LogP contribution in [0.5, 0.6) is 5.75 Å². The molecule has 8 heteroatoms. The van der Waals surface area contributed by atoms with Crippen LogP contribution < -0.4 is 9.64 Å². The van der Waals surface area contributed by atoms with Crippen LogP contribution in [-0.2, 0) is 14.3 Å².